The topological polar surface area (TPSA) is 24.9 Å². The highest BCUT2D eigenvalue weighted by molar-refractivity contribution is 7.99. The average molecular weight is 379 g/mol. The first-order valence-corrected chi connectivity index (χ1v) is 10.1. The molecule has 2 nitrogen and oxygen atoms in total. The molecule has 0 unspecified atom stereocenters. The van der Waals surface area contributed by atoms with Crippen LogP contribution in [0, 0.1) is 0 Å². The van der Waals surface area contributed by atoms with Gasteiger partial charge in [-0.1, -0.05) is 78.5 Å². The van der Waals surface area contributed by atoms with Crippen molar-refractivity contribution < 1.29 is 0 Å². The second-order valence-electron chi connectivity index (χ2n) is 6.58. The third-order valence-electron chi connectivity index (χ3n) is 4.76. The molecule has 0 saturated heterocycles. The second kappa shape index (κ2) is 7.37. The van der Waals surface area contributed by atoms with Crippen LogP contribution in [0.4, 0.5) is 11.4 Å². The Morgan fingerprint density at radius 2 is 1.14 bits per heavy atom. The lowest BCUT2D eigenvalue weighted by molar-refractivity contribution is 1.32. The van der Waals surface area contributed by atoms with Crippen molar-refractivity contribution in [2.75, 3.05) is 5.32 Å². The number of benzene rings is 4. The van der Waals surface area contributed by atoms with Crippen molar-refractivity contribution in [3.8, 4) is 0 Å². The summed E-state index contributed by atoms with van der Waals surface area (Å²) in [5, 5.41) is 7.12. The maximum atomic E-state index is 4.41. The molecule has 1 aliphatic heterocycles. The van der Waals surface area contributed by atoms with Crippen LogP contribution < -0.4 is 5.32 Å². The number of aromatic nitrogens is 1. The summed E-state index contributed by atoms with van der Waals surface area (Å²) in [6.07, 6.45) is 1.93. The number of hydrogen-bond acceptors (Lipinski definition) is 3. The molecule has 1 aromatic heterocycles. The third kappa shape index (κ3) is 3.21. The van der Waals surface area contributed by atoms with E-state index in [1.165, 1.54) is 37.3 Å². The van der Waals surface area contributed by atoms with Gasteiger partial charge in [0.05, 0.1) is 16.9 Å². The summed E-state index contributed by atoms with van der Waals surface area (Å²) in [6, 6.07) is 33.3. The van der Waals surface area contributed by atoms with E-state index in [4.69, 9.17) is 0 Å². The van der Waals surface area contributed by atoms with Gasteiger partial charge in [0.15, 0.2) is 0 Å². The van der Waals surface area contributed by atoms with Crippen LogP contribution in [0.5, 0.6) is 0 Å². The quantitative estimate of drug-likeness (QED) is 0.281. The van der Waals surface area contributed by atoms with Crippen molar-refractivity contribution in [1.82, 2.24) is 4.98 Å². The first-order valence-electron chi connectivity index (χ1n) is 9.24. The van der Waals surface area contributed by atoms with E-state index in [1.54, 1.807) is 0 Å². The zero-order chi connectivity index (χ0) is 18.8. The van der Waals surface area contributed by atoms with Gasteiger partial charge in [0.2, 0.25) is 0 Å². The molecule has 28 heavy (non-hydrogen) atoms. The molecular formula is C25H18N2S. The van der Waals surface area contributed by atoms with Crippen LogP contribution in [0.3, 0.4) is 0 Å². The van der Waals surface area contributed by atoms with Gasteiger partial charge in [-0.05, 0) is 35.7 Å². The van der Waals surface area contributed by atoms with E-state index in [2.05, 4.69) is 89.2 Å². The fourth-order valence-corrected chi connectivity index (χ4v) is 4.38. The molecule has 0 spiro atoms. The molecule has 0 radical (unpaired) electrons. The van der Waals surface area contributed by atoms with Crippen LogP contribution in [0.25, 0.3) is 21.7 Å². The van der Waals surface area contributed by atoms with Crippen molar-refractivity contribution in [1.29, 1.82) is 0 Å². The highest BCUT2D eigenvalue weighted by atomic mass is 32.2. The van der Waals surface area contributed by atoms with E-state index < -0.39 is 0 Å². The Labute approximate surface area is 168 Å². The number of anilines is 2. The summed E-state index contributed by atoms with van der Waals surface area (Å²) in [4.78, 5) is 7.00. The third-order valence-corrected chi connectivity index (χ3v) is 5.91. The monoisotopic (exact) mass is 378 g/mol. The lowest BCUT2D eigenvalue weighted by atomic mass is 10.1. The van der Waals surface area contributed by atoms with Gasteiger partial charge in [-0.25, -0.2) is 0 Å². The van der Waals surface area contributed by atoms with Gasteiger partial charge in [-0.3, -0.25) is 4.98 Å². The Morgan fingerprint density at radius 1 is 0.571 bits per heavy atom. The number of hydrogen-bond donors (Lipinski definition) is 1. The largest absolute Gasteiger partial charge is 0.354 e. The van der Waals surface area contributed by atoms with Crippen LogP contribution in [0.15, 0.2) is 113 Å². The standard InChI is InChI=1S/C13H9N.C12H9NS/c1-2-6-11-10(5-1)9-14-13-8-4-3-7-12(11)13;1-3-7-11-9(5-1)13-10-6-2-4-8-12(10)14-11/h1-9H;1-8,13H. The summed E-state index contributed by atoms with van der Waals surface area (Å²) in [5.74, 6) is 0. The predicted octanol–water partition coefficient (Wildman–Crippen LogP) is 7.28. The summed E-state index contributed by atoms with van der Waals surface area (Å²) in [7, 11) is 0. The predicted molar refractivity (Wildman–Crippen MR) is 120 cm³/mol. The van der Waals surface area contributed by atoms with E-state index in [1.807, 2.05) is 36.2 Å². The Bertz CT molecular complexity index is 1140. The first kappa shape index (κ1) is 16.8. The molecule has 0 saturated carbocycles. The Hall–Kier alpha value is -3.30. The van der Waals surface area contributed by atoms with Crippen LogP contribution in [-0.4, -0.2) is 4.98 Å². The van der Waals surface area contributed by atoms with Crippen LogP contribution in [-0.2, 0) is 0 Å². The van der Waals surface area contributed by atoms with Gasteiger partial charge in [-0.15, -0.1) is 0 Å². The van der Waals surface area contributed by atoms with Gasteiger partial charge < -0.3 is 5.32 Å². The van der Waals surface area contributed by atoms with Gasteiger partial charge >= 0.3 is 0 Å². The Morgan fingerprint density at radius 3 is 1.89 bits per heavy atom. The number of pyridine rings is 1. The molecule has 4 aromatic carbocycles. The molecule has 3 heteroatoms. The lowest BCUT2D eigenvalue weighted by Crippen LogP contribution is -1.98. The number of nitrogens with one attached hydrogen (secondary N) is 1. The Balaban J connectivity index is 0.000000122. The van der Waals surface area contributed by atoms with Crippen LogP contribution in [0.2, 0.25) is 0 Å². The first-order chi connectivity index (χ1) is 13.9. The van der Waals surface area contributed by atoms with Crippen molar-refractivity contribution in [3.63, 3.8) is 0 Å². The lowest BCUT2D eigenvalue weighted by Gasteiger charge is -2.19. The van der Waals surface area contributed by atoms with Gasteiger partial charge in [0.1, 0.15) is 0 Å². The van der Waals surface area contributed by atoms with Crippen LogP contribution in [0.1, 0.15) is 0 Å². The van der Waals surface area contributed by atoms with E-state index in [0.29, 0.717) is 0 Å². The van der Waals surface area contributed by atoms with E-state index in [0.717, 1.165) is 5.52 Å². The zero-order valence-corrected chi connectivity index (χ0v) is 16.0. The molecule has 5 aromatic rings. The van der Waals surface area contributed by atoms with E-state index in [-0.39, 0.29) is 0 Å². The SMILES string of the molecule is c1ccc2c(c1)Nc1ccccc1S2.c1ccc2c(c1)cnc1ccccc12. The van der Waals surface area contributed by atoms with Crippen molar-refractivity contribution in [2.24, 2.45) is 0 Å². The molecule has 1 N–H and O–H groups in total. The minimum Gasteiger partial charge on any atom is -0.354 e. The maximum Gasteiger partial charge on any atom is 0.0708 e. The fraction of sp³-hybridized carbons (Fsp3) is 0. The molecule has 0 bridgehead atoms. The summed E-state index contributed by atoms with van der Waals surface area (Å²) in [6.45, 7) is 0. The minimum absolute atomic E-state index is 1.06. The van der Waals surface area contributed by atoms with E-state index >= 15 is 0 Å². The molecule has 1 aliphatic rings. The Kier molecular flexibility index (Phi) is 4.43. The number of fused-ring (bicyclic) bond motifs is 5. The molecule has 0 fully saturated rings. The zero-order valence-electron chi connectivity index (χ0n) is 15.2. The molecule has 0 aliphatic carbocycles. The van der Waals surface area contributed by atoms with Crippen molar-refractivity contribution >= 4 is 44.8 Å². The highest BCUT2D eigenvalue weighted by Crippen LogP contribution is 2.43. The highest BCUT2D eigenvalue weighted by Gasteiger charge is 2.13. The minimum atomic E-state index is 1.06. The van der Waals surface area contributed by atoms with E-state index in [9.17, 15) is 0 Å². The summed E-state index contributed by atoms with van der Waals surface area (Å²) >= 11 is 1.82. The smallest absolute Gasteiger partial charge is 0.0708 e. The van der Waals surface area contributed by atoms with Gasteiger partial charge in [0, 0.05) is 26.8 Å². The molecule has 6 rings (SSSR count). The van der Waals surface area contributed by atoms with Gasteiger partial charge in [0.25, 0.3) is 0 Å². The summed E-state index contributed by atoms with van der Waals surface area (Å²) < 4.78 is 0. The summed E-state index contributed by atoms with van der Waals surface area (Å²) in [5.41, 5.74) is 3.47. The average Bonchev–Trinajstić information content (AvgIpc) is 2.78. The maximum absolute atomic E-state index is 4.41. The van der Waals surface area contributed by atoms with Crippen LogP contribution >= 0.6 is 11.8 Å². The molecular weight excluding hydrogens is 360 g/mol. The molecule has 0 amide bonds. The number of para-hydroxylation sites is 3. The molecule has 0 atom stereocenters. The molecule has 2 heterocycles. The van der Waals surface area contributed by atoms with Crippen molar-refractivity contribution in [3.05, 3.63) is 103 Å². The molecule has 134 valence electrons. The second-order valence-corrected chi connectivity index (χ2v) is 7.67. The number of nitrogens with zero attached hydrogens (tertiary/aromatic N) is 1. The fourth-order valence-electron chi connectivity index (χ4n) is 3.39. The number of rotatable bonds is 0. The normalized spacial score (nSPS) is 11.7. The van der Waals surface area contributed by atoms with Gasteiger partial charge in [-0.2, -0.15) is 0 Å². The van der Waals surface area contributed by atoms with Crippen molar-refractivity contribution in [2.45, 2.75) is 9.79 Å².